The summed E-state index contributed by atoms with van der Waals surface area (Å²) in [6.45, 7) is 6.84. The Bertz CT molecular complexity index is 608. The van der Waals surface area contributed by atoms with Crippen molar-refractivity contribution in [3.05, 3.63) is 68.9 Å². The highest BCUT2D eigenvalue weighted by Gasteiger charge is 2.20. The van der Waals surface area contributed by atoms with Crippen LogP contribution >= 0.6 is 15.9 Å². The van der Waals surface area contributed by atoms with Gasteiger partial charge in [0.2, 0.25) is 0 Å². The molecule has 2 aromatic carbocycles. The Morgan fingerprint density at radius 2 is 1.90 bits per heavy atom. The van der Waals surface area contributed by atoms with Crippen molar-refractivity contribution in [1.29, 1.82) is 0 Å². The molecule has 0 saturated heterocycles. The van der Waals surface area contributed by atoms with Crippen LogP contribution < -0.4 is 5.32 Å². The van der Waals surface area contributed by atoms with Crippen molar-refractivity contribution in [1.82, 2.24) is 5.32 Å². The van der Waals surface area contributed by atoms with Crippen LogP contribution in [0.2, 0.25) is 0 Å². The third kappa shape index (κ3) is 3.10. The first-order valence-corrected chi connectivity index (χ1v) is 7.58. The van der Waals surface area contributed by atoms with E-state index in [0.29, 0.717) is 5.56 Å². The van der Waals surface area contributed by atoms with E-state index in [2.05, 4.69) is 21.2 Å². The normalized spacial score (nSPS) is 12.4. The number of hydrogen-bond acceptors (Lipinski definition) is 1. The van der Waals surface area contributed by atoms with Crippen LogP contribution in [-0.2, 0) is 0 Å². The number of nitrogens with one attached hydrogen (secondary N) is 1. The largest absolute Gasteiger partial charge is 0.306 e. The molecule has 1 unspecified atom stereocenters. The first-order chi connectivity index (χ1) is 9.54. The Hall–Kier alpha value is -1.19. The molecule has 0 amide bonds. The molecule has 3 heteroatoms. The number of hydrogen-bond donors (Lipinski definition) is 1. The standard InChI is InChI=1S/C17H19BrFN/c1-4-20-17(13-7-5-6-12(3)16(13)18)14-10-11(2)8-9-15(14)19/h5-10,17,20H,4H2,1-3H3. The molecule has 0 fully saturated rings. The molecule has 1 N–H and O–H groups in total. The second-order valence-corrected chi connectivity index (χ2v) is 5.79. The first kappa shape index (κ1) is 15.2. The Labute approximate surface area is 128 Å². The van der Waals surface area contributed by atoms with E-state index in [1.165, 1.54) is 0 Å². The van der Waals surface area contributed by atoms with E-state index in [4.69, 9.17) is 0 Å². The van der Waals surface area contributed by atoms with E-state index in [-0.39, 0.29) is 11.9 Å². The van der Waals surface area contributed by atoms with Crippen molar-refractivity contribution in [3.8, 4) is 0 Å². The number of rotatable bonds is 4. The van der Waals surface area contributed by atoms with Gasteiger partial charge in [0.25, 0.3) is 0 Å². The third-order valence-electron chi connectivity index (χ3n) is 3.40. The molecule has 0 spiro atoms. The highest BCUT2D eigenvalue weighted by atomic mass is 79.9. The summed E-state index contributed by atoms with van der Waals surface area (Å²) in [6.07, 6.45) is 0. The zero-order valence-electron chi connectivity index (χ0n) is 12.0. The van der Waals surface area contributed by atoms with Crippen LogP contribution in [0.15, 0.2) is 40.9 Å². The Kier molecular flexibility index (Phi) is 4.95. The van der Waals surface area contributed by atoms with Crippen LogP contribution in [0.1, 0.15) is 35.2 Å². The minimum atomic E-state index is -0.171. The van der Waals surface area contributed by atoms with E-state index in [9.17, 15) is 4.39 Å². The predicted molar refractivity (Wildman–Crippen MR) is 85.5 cm³/mol. The fourth-order valence-corrected chi connectivity index (χ4v) is 2.86. The summed E-state index contributed by atoms with van der Waals surface area (Å²) >= 11 is 3.63. The first-order valence-electron chi connectivity index (χ1n) is 6.79. The monoisotopic (exact) mass is 335 g/mol. The van der Waals surface area contributed by atoms with Crippen LogP contribution in [0, 0.1) is 19.7 Å². The molecular formula is C17H19BrFN. The number of halogens is 2. The molecule has 106 valence electrons. The minimum Gasteiger partial charge on any atom is -0.306 e. The maximum absolute atomic E-state index is 14.2. The lowest BCUT2D eigenvalue weighted by Gasteiger charge is -2.22. The average Bonchev–Trinajstić information content (AvgIpc) is 2.43. The van der Waals surface area contributed by atoms with Gasteiger partial charge in [-0.25, -0.2) is 4.39 Å². The van der Waals surface area contributed by atoms with Crippen molar-refractivity contribution in [2.24, 2.45) is 0 Å². The van der Waals surface area contributed by atoms with E-state index < -0.39 is 0 Å². The molecule has 0 saturated carbocycles. The molecule has 0 aliphatic carbocycles. The fourth-order valence-electron chi connectivity index (χ4n) is 2.37. The quantitative estimate of drug-likeness (QED) is 0.837. The second-order valence-electron chi connectivity index (χ2n) is 4.99. The molecule has 0 aromatic heterocycles. The summed E-state index contributed by atoms with van der Waals surface area (Å²) in [4.78, 5) is 0. The van der Waals surface area contributed by atoms with Gasteiger partial charge in [-0.3, -0.25) is 0 Å². The summed E-state index contributed by atoms with van der Waals surface area (Å²) in [5.74, 6) is -0.171. The van der Waals surface area contributed by atoms with Crippen LogP contribution in [-0.4, -0.2) is 6.54 Å². The van der Waals surface area contributed by atoms with Gasteiger partial charge in [-0.15, -0.1) is 0 Å². The van der Waals surface area contributed by atoms with Gasteiger partial charge in [0.15, 0.2) is 0 Å². The summed E-state index contributed by atoms with van der Waals surface area (Å²) in [7, 11) is 0. The van der Waals surface area contributed by atoms with Crippen molar-refractivity contribution in [3.63, 3.8) is 0 Å². The Morgan fingerprint density at radius 3 is 2.60 bits per heavy atom. The molecule has 2 aromatic rings. The average molecular weight is 336 g/mol. The lowest BCUT2D eigenvalue weighted by molar-refractivity contribution is 0.557. The molecule has 0 aliphatic heterocycles. The van der Waals surface area contributed by atoms with E-state index in [1.54, 1.807) is 12.1 Å². The van der Waals surface area contributed by atoms with Gasteiger partial charge < -0.3 is 5.32 Å². The highest BCUT2D eigenvalue weighted by molar-refractivity contribution is 9.10. The van der Waals surface area contributed by atoms with Gasteiger partial charge in [-0.05, 0) is 37.6 Å². The van der Waals surface area contributed by atoms with Crippen molar-refractivity contribution >= 4 is 15.9 Å². The van der Waals surface area contributed by atoms with Gasteiger partial charge in [0.05, 0.1) is 6.04 Å². The molecular weight excluding hydrogens is 317 g/mol. The maximum atomic E-state index is 14.2. The van der Waals surface area contributed by atoms with Gasteiger partial charge in [-0.1, -0.05) is 58.7 Å². The van der Waals surface area contributed by atoms with Gasteiger partial charge in [-0.2, -0.15) is 0 Å². The molecule has 0 bridgehead atoms. The molecule has 20 heavy (non-hydrogen) atoms. The number of aryl methyl sites for hydroxylation is 2. The molecule has 0 aliphatic rings. The van der Waals surface area contributed by atoms with Crippen LogP contribution in [0.3, 0.4) is 0 Å². The smallest absolute Gasteiger partial charge is 0.128 e. The fraction of sp³-hybridized carbons (Fsp3) is 0.294. The van der Waals surface area contributed by atoms with Crippen LogP contribution in [0.5, 0.6) is 0 Å². The zero-order chi connectivity index (χ0) is 14.7. The lowest BCUT2D eigenvalue weighted by Crippen LogP contribution is -2.23. The molecule has 1 atom stereocenters. The van der Waals surface area contributed by atoms with Gasteiger partial charge in [0, 0.05) is 10.0 Å². The summed E-state index contributed by atoms with van der Waals surface area (Å²) < 4.78 is 15.2. The predicted octanol–water partition coefficient (Wildman–Crippen LogP) is 4.90. The van der Waals surface area contributed by atoms with Crippen molar-refractivity contribution in [2.45, 2.75) is 26.8 Å². The van der Waals surface area contributed by atoms with Crippen molar-refractivity contribution < 1.29 is 4.39 Å². The second kappa shape index (κ2) is 6.51. The molecule has 2 rings (SSSR count). The van der Waals surface area contributed by atoms with E-state index in [1.807, 2.05) is 45.0 Å². The van der Waals surface area contributed by atoms with Crippen molar-refractivity contribution in [2.75, 3.05) is 6.54 Å². The highest BCUT2D eigenvalue weighted by Crippen LogP contribution is 2.32. The number of benzene rings is 2. The lowest BCUT2D eigenvalue weighted by atomic mass is 9.95. The SMILES string of the molecule is CCNC(c1cc(C)ccc1F)c1cccc(C)c1Br. The molecule has 1 nitrogen and oxygen atoms in total. The summed E-state index contributed by atoms with van der Waals surface area (Å²) in [5.41, 5.74) is 3.97. The topological polar surface area (TPSA) is 12.0 Å². The minimum absolute atomic E-state index is 0.144. The molecule has 0 radical (unpaired) electrons. The Balaban J connectivity index is 2.56. The third-order valence-corrected chi connectivity index (χ3v) is 4.49. The van der Waals surface area contributed by atoms with E-state index in [0.717, 1.165) is 27.7 Å². The van der Waals surface area contributed by atoms with Gasteiger partial charge >= 0.3 is 0 Å². The summed E-state index contributed by atoms with van der Waals surface area (Å²) in [6, 6.07) is 11.2. The zero-order valence-corrected chi connectivity index (χ0v) is 13.6. The van der Waals surface area contributed by atoms with Crippen LogP contribution in [0.25, 0.3) is 0 Å². The Morgan fingerprint density at radius 1 is 1.15 bits per heavy atom. The molecule has 0 heterocycles. The maximum Gasteiger partial charge on any atom is 0.128 e. The summed E-state index contributed by atoms with van der Waals surface area (Å²) in [5, 5.41) is 3.38. The van der Waals surface area contributed by atoms with E-state index >= 15 is 0 Å². The van der Waals surface area contributed by atoms with Gasteiger partial charge in [0.1, 0.15) is 5.82 Å². The van der Waals surface area contributed by atoms with Crippen LogP contribution in [0.4, 0.5) is 4.39 Å².